The molecule has 0 aromatic carbocycles. The summed E-state index contributed by atoms with van der Waals surface area (Å²) in [5.41, 5.74) is -1.15. The molecule has 20 heteroatoms. The molecule has 3 aliphatic heterocycles. The second-order valence-electron chi connectivity index (χ2n) is 22.9. The number of hydrogen-bond acceptors (Lipinski definition) is 17. The quantitative estimate of drug-likeness (QED) is 0.0854. The van der Waals surface area contributed by atoms with E-state index in [-0.39, 0.29) is 39.4 Å². The number of carbonyl (C=O) groups excluding carboxylic acids is 1. The normalized spacial score (nSPS) is 49.9. The van der Waals surface area contributed by atoms with Gasteiger partial charge >= 0.3 is 29.7 Å². The molecule has 0 bridgehead atoms. The Hall–Kier alpha value is -2.86. The maximum absolute atomic E-state index is 14.7. The molecule has 0 aromatic rings. The average Bonchev–Trinajstić information content (AvgIpc) is 3.24. The first kappa shape index (κ1) is 50.5. The number of carboxylic acids is 3. The first-order valence-electron chi connectivity index (χ1n) is 23.7. The van der Waals surface area contributed by atoms with Gasteiger partial charge in [-0.15, -0.1) is 0 Å². The Kier molecular flexibility index (Phi) is 13.0. The highest BCUT2D eigenvalue weighted by molar-refractivity contribution is 5.79. The van der Waals surface area contributed by atoms with Gasteiger partial charge in [0.1, 0.15) is 49.3 Å². The van der Waals surface area contributed by atoms with Gasteiger partial charge in [0.05, 0.1) is 18.1 Å². The molecule has 67 heavy (non-hydrogen) atoms. The van der Waals surface area contributed by atoms with E-state index in [4.69, 9.17) is 33.2 Å². The van der Waals surface area contributed by atoms with E-state index in [2.05, 4.69) is 54.5 Å². The summed E-state index contributed by atoms with van der Waals surface area (Å²) in [6.45, 7) is 14.0. The summed E-state index contributed by atoms with van der Waals surface area (Å²) in [5, 5.41) is 92.8. The van der Waals surface area contributed by atoms with Gasteiger partial charge in [-0.05, 0) is 109 Å². The van der Waals surface area contributed by atoms with Crippen molar-refractivity contribution in [2.24, 2.45) is 50.2 Å². The van der Waals surface area contributed by atoms with Crippen LogP contribution in [0.3, 0.4) is 0 Å². The van der Waals surface area contributed by atoms with Crippen LogP contribution in [-0.4, -0.2) is 163 Å². The first-order valence-corrected chi connectivity index (χ1v) is 23.7. The number of rotatable bonds is 10. The van der Waals surface area contributed by atoms with Gasteiger partial charge < -0.3 is 79.1 Å². The number of hydrogen-bond donors (Lipinski definition) is 9. The standard InChI is InChI=1S/C47H70O20/c1-41(2)14-16-46(39(59)66-36-30(53)29(52)28(51)23(19-48)62-36)17-15-44(6)21(22(46)18-41)8-9-25-43(5)12-11-26(42(3,4)24(43)10-13-45(25,44)7)63-37-34-32(31(54)33(64-37)35(55)56)67-47(60,38(57)58)40(65-34)61-20-27(49)50/h8,22-26,28-34,36-37,40,48,51-54,60H,9-20H2,1-7H3,(H,49,50)(H,55,56)(H,57,58)/t22-,23+,24?,25+,26-,28+,29-,30+,31-,32-,33-,34+,36-,37+,40?,43-,44+,45+,46-,47?/m0/s1. The highest BCUT2D eigenvalue weighted by Crippen LogP contribution is 2.76. The molecule has 3 unspecified atom stereocenters. The third kappa shape index (κ3) is 7.78. The minimum absolute atomic E-state index is 0.0627. The summed E-state index contributed by atoms with van der Waals surface area (Å²) in [6.07, 6.45) is -10.4. The molecule has 4 saturated carbocycles. The summed E-state index contributed by atoms with van der Waals surface area (Å²) < 4.78 is 40.5. The molecule has 0 amide bonds. The lowest BCUT2D eigenvalue weighted by molar-refractivity contribution is -0.443. The molecule has 20 nitrogen and oxygen atoms in total. The summed E-state index contributed by atoms with van der Waals surface area (Å²) in [4.78, 5) is 50.7. The van der Waals surface area contributed by atoms with Crippen molar-refractivity contribution < 1.29 is 98.3 Å². The van der Waals surface area contributed by atoms with Gasteiger partial charge in [0.2, 0.25) is 12.6 Å². The van der Waals surface area contributed by atoms with Gasteiger partial charge in [-0.1, -0.05) is 60.1 Å². The Morgan fingerprint density at radius 2 is 1.45 bits per heavy atom. The van der Waals surface area contributed by atoms with Crippen LogP contribution >= 0.6 is 0 Å². The number of fused-ring (bicyclic) bond motifs is 8. The maximum Gasteiger partial charge on any atom is 0.369 e. The number of esters is 1. The largest absolute Gasteiger partial charge is 0.480 e. The molecule has 3 heterocycles. The molecule has 0 radical (unpaired) electrons. The van der Waals surface area contributed by atoms with Crippen molar-refractivity contribution >= 4 is 23.9 Å². The molecule has 20 atom stereocenters. The van der Waals surface area contributed by atoms with Crippen LogP contribution in [0.5, 0.6) is 0 Å². The molecule has 0 aromatic heterocycles. The predicted octanol–water partition coefficient (Wildman–Crippen LogP) is 1.67. The molecule has 5 aliphatic carbocycles. The van der Waals surface area contributed by atoms with Crippen LogP contribution in [0.15, 0.2) is 11.6 Å². The molecule has 3 saturated heterocycles. The van der Waals surface area contributed by atoms with Crippen molar-refractivity contribution in [3.63, 3.8) is 0 Å². The van der Waals surface area contributed by atoms with Crippen LogP contribution in [0, 0.1) is 50.2 Å². The lowest BCUT2D eigenvalue weighted by atomic mass is 9.33. The monoisotopic (exact) mass is 954 g/mol. The fourth-order valence-corrected chi connectivity index (χ4v) is 14.7. The number of aliphatic carboxylic acids is 3. The zero-order chi connectivity index (χ0) is 49.2. The van der Waals surface area contributed by atoms with Crippen molar-refractivity contribution in [1.29, 1.82) is 0 Å². The topological polar surface area (TPSA) is 315 Å². The molecule has 8 aliphatic rings. The van der Waals surface area contributed by atoms with E-state index in [1.165, 1.54) is 5.57 Å². The van der Waals surface area contributed by atoms with Crippen molar-refractivity contribution in [2.75, 3.05) is 13.2 Å². The number of aliphatic hydroxyl groups excluding tert-OH is 5. The van der Waals surface area contributed by atoms with E-state index >= 15 is 0 Å². The minimum atomic E-state index is -3.32. The Labute approximate surface area is 388 Å². The lowest BCUT2D eigenvalue weighted by Crippen LogP contribution is -2.72. The van der Waals surface area contributed by atoms with Gasteiger partial charge in [-0.3, -0.25) is 4.79 Å². The zero-order valence-electron chi connectivity index (χ0n) is 39.2. The maximum atomic E-state index is 14.7. The summed E-state index contributed by atoms with van der Waals surface area (Å²) >= 11 is 0. The van der Waals surface area contributed by atoms with Crippen LogP contribution in [0.25, 0.3) is 0 Å². The van der Waals surface area contributed by atoms with Crippen molar-refractivity contribution in [1.82, 2.24) is 0 Å². The second-order valence-corrected chi connectivity index (χ2v) is 22.9. The fourth-order valence-electron chi connectivity index (χ4n) is 14.7. The van der Waals surface area contributed by atoms with Gasteiger partial charge in [-0.25, -0.2) is 14.4 Å². The third-order valence-corrected chi connectivity index (χ3v) is 18.7. The van der Waals surface area contributed by atoms with Gasteiger partial charge in [-0.2, -0.15) is 0 Å². The molecule has 0 spiro atoms. The fraction of sp³-hybridized carbons (Fsp3) is 0.872. The Balaban J connectivity index is 1.06. The van der Waals surface area contributed by atoms with Crippen molar-refractivity contribution in [3.05, 3.63) is 11.6 Å². The van der Waals surface area contributed by atoms with E-state index < -0.39 is 128 Å². The van der Waals surface area contributed by atoms with Crippen molar-refractivity contribution in [2.45, 2.75) is 192 Å². The minimum Gasteiger partial charge on any atom is -0.480 e. The van der Waals surface area contributed by atoms with E-state index in [1.54, 1.807) is 0 Å². The third-order valence-electron chi connectivity index (χ3n) is 18.7. The summed E-state index contributed by atoms with van der Waals surface area (Å²) in [5.74, 6) is -8.90. The zero-order valence-corrected chi connectivity index (χ0v) is 39.2. The van der Waals surface area contributed by atoms with Gasteiger partial charge in [0.15, 0.2) is 12.4 Å². The number of ether oxygens (including phenoxy) is 7. The molecular weight excluding hydrogens is 884 g/mol. The van der Waals surface area contributed by atoms with Crippen LogP contribution in [-0.2, 0) is 52.3 Å². The lowest BCUT2D eigenvalue weighted by Gasteiger charge is -2.71. The average molecular weight is 955 g/mol. The number of allylic oxidation sites excluding steroid dienone is 2. The van der Waals surface area contributed by atoms with E-state index in [1.807, 2.05) is 0 Å². The molecule has 8 rings (SSSR count). The van der Waals surface area contributed by atoms with Crippen LogP contribution in [0.2, 0.25) is 0 Å². The predicted molar refractivity (Wildman–Crippen MR) is 226 cm³/mol. The highest BCUT2D eigenvalue weighted by atomic mass is 16.8. The Bertz CT molecular complexity index is 1990. The Morgan fingerprint density at radius 3 is 2.09 bits per heavy atom. The van der Waals surface area contributed by atoms with Crippen LogP contribution < -0.4 is 0 Å². The van der Waals surface area contributed by atoms with E-state index in [0.29, 0.717) is 32.1 Å². The first-order chi connectivity index (χ1) is 31.1. The van der Waals surface area contributed by atoms with E-state index in [0.717, 1.165) is 32.1 Å². The van der Waals surface area contributed by atoms with Crippen molar-refractivity contribution in [3.8, 4) is 0 Å². The van der Waals surface area contributed by atoms with E-state index in [9.17, 15) is 65.1 Å². The van der Waals surface area contributed by atoms with Crippen LogP contribution in [0.1, 0.15) is 113 Å². The molecule has 378 valence electrons. The highest BCUT2D eigenvalue weighted by Gasteiger charge is 2.71. The molecule has 7 fully saturated rings. The van der Waals surface area contributed by atoms with Crippen LogP contribution in [0.4, 0.5) is 0 Å². The SMILES string of the molecule is CC1(C)CC[C@]2(C(=O)O[C@@H]3O[C@H](CO)[C@@H](O)[C@H](O)[C@H]3O)CC[C@]3(C)C(=CC[C@@H]4[C@@]5(C)CC[C@H](O[C@@H]6O[C@H](C(=O)O)[C@@H](O)[C@@H]7OC(O)(C(=O)O)C(OCC(=O)O)O[C@@H]67)C(C)(C)C5CC[C@]43C)[C@@H]2C1. The van der Waals surface area contributed by atoms with Gasteiger partial charge in [0, 0.05) is 0 Å². The smallest absolute Gasteiger partial charge is 0.369 e. The Morgan fingerprint density at radius 1 is 0.761 bits per heavy atom. The van der Waals surface area contributed by atoms with Gasteiger partial charge in [0.25, 0.3) is 0 Å². The molecular formula is C47H70O20. The summed E-state index contributed by atoms with van der Waals surface area (Å²) in [6, 6.07) is 0. The number of carboxylic acid groups (broad SMARTS) is 3. The number of aliphatic hydroxyl groups is 6. The number of carbonyl (C=O) groups is 4. The molecule has 9 N–H and O–H groups in total. The second kappa shape index (κ2) is 17.2. The summed E-state index contributed by atoms with van der Waals surface area (Å²) in [7, 11) is 0.